The number of methoxy groups -OCH3 is 1. The van der Waals surface area contributed by atoms with Crippen LogP contribution >= 0.6 is 11.3 Å². The monoisotopic (exact) mass is 473 g/mol. The second-order valence-corrected chi connectivity index (χ2v) is 8.35. The van der Waals surface area contributed by atoms with Gasteiger partial charge in [0.15, 0.2) is 0 Å². The molecule has 3 aromatic rings. The lowest BCUT2D eigenvalue weighted by atomic mass is 9.99. The molecule has 2 heterocycles. The molecule has 0 saturated carbocycles. The van der Waals surface area contributed by atoms with Gasteiger partial charge in [0.05, 0.1) is 24.3 Å². The summed E-state index contributed by atoms with van der Waals surface area (Å²) in [5, 5.41) is 12.7. The lowest BCUT2D eigenvalue weighted by Crippen LogP contribution is -2.29. The fourth-order valence-corrected chi connectivity index (χ4v) is 4.58. The minimum atomic E-state index is -4.54. The van der Waals surface area contributed by atoms with E-state index in [2.05, 4.69) is 0 Å². The summed E-state index contributed by atoms with van der Waals surface area (Å²) in [6.45, 7) is -0.226. The number of hydrogen-bond acceptors (Lipinski definition) is 5. The van der Waals surface area contributed by atoms with Gasteiger partial charge in [0, 0.05) is 17.0 Å². The molecule has 4 rings (SSSR count). The van der Waals surface area contributed by atoms with Crippen LogP contribution in [-0.4, -0.2) is 28.8 Å². The number of rotatable bonds is 5. The number of ketones is 1. The lowest BCUT2D eigenvalue weighted by molar-refractivity contribution is -0.140. The van der Waals surface area contributed by atoms with Gasteiger partial charge in [-0.1, -0.05) is 18.2 Å². The molecule has 1 fully saturated rings. The maximum Gasteiger partial charge on any atom is 0.416 e. The van der Waals surface area contributed by atoms with Crippen LogP contribution in [0.4, 0.5) is 13.2 Å². The Morgan fingerprint density at radius 1 is 1.09 bits per heavy atom. The van der Waals surface area contributed by atoms with E-state index in [1.54, 1.807) is 41.8 Å². The van der Waals surface area contributed by atoms with Gasteiger partial charge in [-0.3, -0.25) is 9.59 Å². The molecule has 0 bridgehead atoms. The van der Waals surface area contributed by atoms with Crippen LogP contribution in [0.2, 0.25) is 0 Å². The van der Waals surface area contributed by atoms with Crippen molar-refractivity contribution in [3.8, 4) is 5.75 Å². The molecule has 2 aromatic carbocycles. The summed E-state index contributed by atoms with van der Waals surface area (Å²) < 4.78 is 44.5. The summed E-state index contributed by atoms with van der Waals surface area (Å²) in [5.41, 5.74) is -0.422. The highest BCUT2D eigenvalue weighted by Crippen LogP contribution is 2.42. The van der Waals surface area contributed by atoms with Crippen molar-refractivity contribution in [3.05, 3.63) is 93.2 Å². The van der Waals surface area contributed by atoms with Gasteiger partial charge in [0.25, 0.3) is 11.7 Å². The Hall–Kier alpha value is -3.59. The van der Waals surface area contributed by atoms with E-state index in [0.717, 1.165) is 12.1 Å². The first-order valence-electron chi connectivity index (χ1n) is 9.83. The topological polar surface area (TPSA) is 66.8 Å². The van der Waals surface area contributed by atoms with Crippen LogP contribution in [0.3, 0.4) is 0 Å². The number of nitrogens with zero attached hydrogens (tertiary/aromatic N) is 1. The molecule has 170 valence electrons. The summed E-state index contributed by atoms with van der Waals surface area (Å²) >= 11 is 1.28. The largest absolute Gasteiger partial charge is 0.507 e. The van der Waals surface area contributed by atoms with Crippen LogP contribution in [0.5, 0.6) is 5.75 Å². The number of halogens is 3. The number of alkyl halides is 3. The number of hydrogen-bond donors (Lipinski definition) is 1. The van der Waals surface area contributed by atoms with Crippen LogP contribution in [0.1, 0.15) is 27.6 Å². The number of amides is 1. The third-order valence-corrected chi connectivity index (χ3v) is 6.25. The Kier molecular flexibility index (Phi) is 5.99. The molecule has 0 aliphatic carbocycles. The molecule has 1 aromatic heterocycles. The van der Waals surface area contributed by atoms with E-state index in [1.807, 2.05) is 0 Å². The van der Waals surface area contributed by atoms with Crippen molar-refractivity contribution in [2.75, 3.05) is 7.11 Å². The summed E-state index contributed by atoms with van der Waals surface area (Å²) in [6, 6.07) is 13.4. The summed E-state index contributed by atoms with van der Waals surface area (Å²) in [7, 11) is 1.49. The number of carbonyl (C=O) groups is 2. The fourth-order valence-electron chi connectivity index (χ4n) is 3.73. The Morgan fingerprint density at radius 3 is 2.42 bits per heavy atom. The van der Waals surface area contributed by atoms with Crippen molar-refractivity contribution < 1.29 is 32.6 Å². The number of Topliss-reactive ketones (excluding diaryl/α,β-unsaturated/α-hetero) is 1. The SMILES string of the molecule is COc1ccc(/C(O)=C2/C(=O)C(=O)N(Cc3cccc(C(F)(F)F)c3)C2c2cccs2)cc1. The maximum absolute atomic E-state index is 13.1. The predicted octanol–water partition coefficient (Wildman–Crippen LogP) is 5.40. The van der Waals surface area contributed by atoms with Crippen LogP contribution in [0, 0.1) is 0 Å². The van der Waals surface area contributed by atoms with Crippen molar-refractivity contribution in [3.63, 3.8) is 0 Å². The number of aliphatic hydroxyl groups is 1. The zero-order valence-corrected chi connectivity index (χ0v) is 18.1. The van der Waals surface area contributed by atoms with Gasteiger partial charge in [-0.2, -0.15) is 13.2 Å². The Balaban J connectivity index is 1.78. The molecule has 1 saturated heterocycles. The summed E-state index contributed by atoms with van der Waals surface area (Å²) in [4.78, 5) is 27.7. The first-order valence-corrected chi connectivity index (χ1v) is 10.7. The van der Waals surface area contributed by atoms with Gasteiger partial charge in [0.2, 0.25) is 0 Å². The smallest absolute Gasteiger partial charge is 0.416 e. The van der Waals surface area contributed by atoms with Gasteiger partial charge in [-0.15, -0.1) is 11.3 Å². The molecule has 9 heteroatoms. The number of carbonyl (C=O) groups excluding carboxylic acids is 2. The molecule has 1 amide bonds. The van der Waals surface area contributed by atoms with Crippen LogP contribution in [0.15, 0.2) is 71.6 Å². The predicted molar refractivity (Wildman–Crippen MR) is 117 cm³/mol. The van der Waals surface area contributed by atoms with Gasteiger partial charge in [0.1, 0.15) is 11.5 Å². The second kappa shape index (κ2) is 8.74. The molecule has 1 aliphatic rings. The van der Waals surface area contributed by atoms with Gasteiger partial charge >= 0.3 is 6.18 Å². The van der Waals surface area contributed by atoms with E-state index in [-0.39, 0.29) is 23.4 Å². The fraction of sp³-hybridized carbons (Fsp3) is 0.167. The van der Waals surface area contributed by atoms with E-state index in [4.69, 9.17) is 4.74 Å². The van der Waals surface area contributed by atoms with E-state index >= 15 is 0 Å². The molecule has 0 spiro atoms. The van der Waals surface area contributed by atoms with E-state index in [9.17, 15) is 27.9 Å². The Morgan fingerprint density at radius 2 is 1.82 bits per heavy atom. The maximum atomic E-state index is 13.1. The Bertz CT molecular complexity index is 1220. The van der Waals surface area contributed by atoms with Crippen molar-refractivity contribution in [2.45, 2.75) is 18.8 Å². The third kappa shape index (κ3) is 4.36. The average molecular weight is 473 g/mol. The van der Waals surface area contributed by atoms with E-state index < -0.39 is 29.5 Å². The van der Waals surface area contributed by atoms with Gasteiger partial charge in [-0.05, 0) is 53.4 Å². The number of thiophene rings is 1. The second-order valence-electron chi connectivity index (χ2n) is 7.37. The van der Waals surface area contributed by atoms with Gasteiger partial charge < -0.3 is 14.7 Å². The third-order valence-electron chi connectivity index (χ3n) is 5.32. The molecular weight excluding hydrogens is 455 g/mol. The minimum Gasteiger partial charge on any atom is -0.507 e. The van der Waals surface area contributed by atoms with Crippen molar-refractivity contribution in [1.82, 2.24) is 4.90 Å². The molecule has 1 unspecified atom stereocenters. The zero-order chi connectivity index (χ0) is 23.8. The van der Waals surface area contributed by atoms with E-state index in [0.29, 0.717) is 16.2 Å². The molecule has 5 nitrogen and oxygen atoms in total. The minimum absolute atomic E-state index is 0.111. The zero-order valence-electron chi connectivity index (χ0n) is 17.3. The highest BCUT2D eigenvalue weighted by molar-refractivity contribution is 7.10. The molecular formula is C24H18F3NO4S. The number of likely N-dealkylation sites (tertiary alicyclic amines) is 1. The normalized spacial score (nSPS) is 18.1. The average Bonchev–Trinajstić information content (AvgIpc) is 3.41. The number of ether oxygens (including phenoxy) is 1. The van der Waals surface area contributed by atoms with E-state index in [1.165, 1.54) is 35.5 Å². The van der Waals surface area contributed by atoms with Crippen molar-refractivity contribution in [2.24, 2.45) is 0 Å². The highest BCUT2D eigenvalue weighted by atomic mass is 32.1. The number of benzene rings is 2. The summed E-state index contributed by atoms with van der Waals surface area (Å²) in [5.74, 6) is -1.60. The molecule has 33 heavy (non-hydrogen) atoms. The first-order chi connectivity index (χ1) is 15.7. The van der Waals surface area contributed by atoms with Crippen LogP contribution < -0.4 is 4.74 Å². The number of aliphatic hydroxyl groups excluding tert-OH is 1. The molecule has 0 radical (unpaired) electrons. The van der Waals surface area contributed by atoms with Crippen LogP contribution in [0.25, 0.3) is 5.76 Å². The van der Waals surface area contributed by atoms with Gasteiger partial charge in [-0.25, -0.2) is 0 Å². The van der Waals surface area contributed by atoms with Crippen molar-refractivity contribution >= 4 is 28.8 Å². The first kappa shape index (κ1) is 22.6. The molecule has 1 atom stereocenters. The molecule has 1 aliphatic heterocycles. The van der Waals surface area contributed by atoms with Crippen LogP contribution in [-0.2, 0) is 22.3 Å². The standard InChI is InChI=1S/C24H18F3NO4S/c1-32-17-9-7-15(8-10-17)21(29)19-20(18-6-3-11-33-18)28(23(31)22(19)30)13-14-4-2-5-16(12-14)24(25,26)27/h2-12,20,29H,13H2,1H3/b21-19-. The van der Waals surface area contributed by atoms with Crippen molar-refractivity contribution in [1.29, 1.82) is 0 Å². The quantitative estimate of drug-likeness (QED) is 0.306. The highest BCUT2D eigenvalue weighted by Gasteiger charge is 2.46. The molecule has 1 N–H and O–H groups in total. The summed E-state index contributed by atoms with van der Waals surface area (Å²) in [6.07, 6.45) is -4.54. The Labute approximate surface area is 191 Å². The lowest BCUT2D eigenvalue weighted by Gasteiger charge is -2.24.